The Morgan fingerprint density at radius 3 is 2.61 bits per heavy atom. The van der Waals surface area contributed by atoms with Crippen LogP contribution in [0.25, 0.3) is 0 Å². The second-order valence-electron chi connectivity index (χ2n) is 4.48. The zero-order chi connectivity index (χ0) is 17.0. The molecule has 0 aliphatic heterocycles. The first kappa shape index (κ1) is 17.6. The Kier molecular flexibility index (Phi) is 5.87. The van der Waals surface area contributed by atoms with E-state index in [9.17, 15) is 9.59 Å². The van der Waals surface area contributed by atoms with Crippen LogP contribution in [-0.4, -0.2) is 25.1 Å². The number of carbonyl (C=O) groups is 2. The first-order chi connectivity index (χ1) is 10.9. The van der Waals surface area contributed by atoms with Crippen molar-refractivity contribution in [3.63, 3.8) is 0 Å². The van der Waals surface area contributed by atoms with Gasteiger partial charge in [0.1, 0.15) is 10.6 Å². The molecule has 1 heterocycles. The van der Waals surface area contributed by atoms with Gasteiger partial charge < -0.3 is 14.8 Å². The molecule has 0 saturated carbocycles. The van der Waals surface area contributed by atoms with Crippen molar-refractivity contribution < 1.29 is 19.1 Å². The third-order valence-corrected chi connectivity index (χ3v) is 4.32. The molecule has 122 valence electrons. The van der Waals surface area contributed by atoms with E-state index in [1.165, 1.54) is 13.2 Å². The average molecular weight is 374 g/mol. The lowest BCUT2D eigenvalue weighted by atomic mass is 10.3. The van der Waals surface area contributed by atoms with Crippen molar-refractivity contribution in [2.75, 3.05) is 12.4 Å². The number of benzene rings is 1. The molecule has 0 fully saturated rings. The lowest BCUT2D eigenvalue weighted by Crippen LogP contribution is -2.29. The second kappa shape index (κ2) is 7.68. The molecule has 0 aliphatic rings. The molecule has 0 bridgehead atoms. The number of halogens is 2. The van der Waals surface area contributed by atoms with Gasteiger partial charge in [0.2, 0.25) is 0 Å². The highest BCUT2D eigenvalue weighted by atomic mass is 35.5. The molecule has 5 nitrogen and oxygen atoms in total. The van der Waals surface area contributed by atoms with Crippen LogP contribution in [0.15, 0.2) is 30.3 Å². The third kappa shape index (κ3) is 4.60. The fourth-order valence-electron chi connectivity index (χ4n) is 1.65. The number of esters is 1. The molecule has 0 spiro atoms. The number of amides is 1. The lowest BCUT2D eigenvalue weighted by molar-refractivity contribution is -0.122. The number of thiophene rings is 1. The Morgan fingerprint density at radius 2 is 1.96 bits per heavy atom. The molecule has 8 heteroatoms. The Hall–Kier alpha value is -1.76. The van der Waals surface area contributed by atoms with Gasteiger partial charge in [-0.05, 0) is 37.3 Å². The molecule has 1 aromatic heterocycles. The Morgan fingerprint density at radius 1 is 1.22 bits per heavy atom. The third-order valence-electron chi connectivity index (χ3n) is 2.81. The first-order valence-electron chi connectivity index (χ1n) is 6.51. The van der Waals surface area contributed by atoms with Gasteiger partial charge in [-0.2, -0.15) is 0 Å². The summed E-state index contributed by atoms with van der Waals surface area (Å²) in [5, 5.41) is 3.99. The number of anilines is 1. The number of hydrogen-bond acceptors (Lipinski definition) is 5. The molecule has 23 heavy (non-hydrogen) atoms. The topological polar surface area (TPSA) is 64.6 Å². The summed E-state index contributed by atoms with van der Waals surface area (Å²) in [5.74, 6) is -0.456. The summed E-state index contributed by atoms with van der Waals surface area (Å²) in [6.07, 6.45) is -0.780. The van der Waals surface area contributed by atoms with Crippen LogP contribution < -0.4 is 10.1 Å². The normalized spacial score (nSPS) is 11.7. The molecule has 2 aromatic rings. The number of ether oxygens (including phenoxy) is 2. The largest absolute Gasteiger partial charge is 0.479 e. The maximum absolute atomic E-state index is 12.1. The maximum atomic E-state index is 12.1. The van der Waals surface area contributed by atoms with Crippen molar-refractivity contribution in [1.29, 1.82) is 0 Å². The minimum Gasteiger partial charge on any atom is -0.479 e. The van der Waals surface area contributed by atoms with E-state index < -0.39 is 12.1 Å². The molecule has 1 unspecified atom stereocenters. The van der Waals surface area contributed by atoms with Crippen molar-refractivity contribution in [3.05, 3.63) is 45.3 Å². The molecule has 1 atom stereocenters. The summed E-state index contributed by atoms with van der Waals surface area (Å²) in [7, 11) is 1.30. The molecule has 1 N–H and O–H groups in total. The van der Waals surface area contributed by atoms with Gasteiger partial charge in [-0.1, -0.05) is 23.2 Å². The zero-order valence-corrected chi connectivity index (χ0v) is 14.6. The van der Waals surface area contributed by atoms with E-state index in [4.69, 9.17) is 27.9 Å². The highest BCUT2D eigenvalue weighted by Gasteiger charge is 2.18. The van der Waals surface area contributed by atoms with Crippen LogP contribution in [0.1, 0.15) is 16.6 Å². The smallest absolute Gasteiger partial charge is 0.348 e. The van der Waals surface area contributed by atoms with Crippen LogP contribution >= 0.6 is 34.5 Å². The maximum Gasteiger partial charge on any atom is 0.348 e. The number of carbonyl (C=O) groups excluding carboxylic acids is 2. The number of rotatable bonds is 5. The summed E-state index contributed by atoms with van der Waals surface area (Å²) in [6.45, 7) is 1.59. The zero-order valence-electron chi connectivity index (χ0n) is 12.3. The van der Waals surface area contributed by atoms with E-state index in [0.717, 1.165) is 11.3 Å². The van der Waals surface area contributed by atoms with Crippen LogP contribution in [0.5, 0.6) is 5.75 Å². The van der Waals surface area contributed by atoms with Gasteiger partial charge >= 0.3 is 5.97 Å². The van der Waals surface area contributed by atoms with Crippen LogP contribution in [0.2, 0.25) is 10.0 Å². The Labute approximate surface area is 147 Å². The van der Waals surface area contributed by atoms with E-state index in [1.807, 2.05) is 0 Å². The monoisotopic (exact) mass is 373 g/mol. The van der Waals surface area contributed by atoms with E-state index in [1.54, 1.807) is 31.2 Å². The SMILES string of the molecule is COC(=O)c1ccc(NC(=O)C(C)Oc2ccc(Cl)cc2Cl)s1. The van der Waals surface area contributed by atoms with Crippen LogP contribution in [0.4, 0.5) is 5.00 Å². The number of hydrogen-bond donors (Lipinski definition) is 1. The van der Waals surface area contributed by atoms with Crippen LogP contribution in [-0.2, 0) is 9.53 Å². The predicted molar refractivity (Wildman–Crippen MR) is 90.8 cm³/mol. The van der Waals surface area contributed by atoms with Crippen LogP contribution in [0, 0.1) is 0 Å². The van der Waals surface area contributed by atoms with Crippen molar-refractivity contribution in [2.24, 2.45) is 0 Å². The van der Waals surface area contributed by atoms with E-state index in [2.05, 4.69) is 10.1 Å². The first-order valence-corrected chi connectivity index (χ1v) is 8.08. The molecule has 0 radical (unpaired) electrons. The standard InChI is InChI=1S/C15H13Cl2NO4S/c1-8(22-11-4-3-9(16)7-10(11)17)14(19)18-13-6-5-12(23-13)15(20)21-2/h3-8H,1-2H3,(H,18,19). The van der Waals surface area contributed by atoms with Gasteiger partial charge in [0.25, 0.3) is 5.91 Å². The second-order valence-corrected chi connectivity index (χ2v) is 6.41. The summed E-state index contributed by atoms with van der Waals surface area (Å²) in [4.78, 5) is 23.9. The van der Waals surface area contributed by atoms with Gasteiger partial charge in [-0.25, -0.2) is 4.79 Å². The summed E-state index contributed by atoms with van der Waals surface area (Å²) >= 11 is 12.9. The molecule has 2 rings (SSSR count). The van der Waals surface area contributed by atoms with Gasteiger partial charge in [0.15, 0.2) is 6.10 Å². The molecule has 0 aliphatic carbocycles. The van der Waals surface area contributed by atoms with Gasteiger partial charge in [-0.3, -0.25) is 4.79 Å². The number of methoxy groups -OCH3 is 1. The highest BCUT2D eigenvalue weighted by Crippen LogP contribution is 2.29. The van der Waals surface area contributed by atoms with Crippen LogP contribution in [0.3, 0.4) is 0 Å². The quantitative estimate of drug-likeness (QED) is 0.795. The average Bonchev–Trinajstić information content (AvgIpc) is 2.97. The Bertz CT molecular complexity index is 732. The predicted octanol–water partition coefficient (Wildman–Crippen LogP) is 4.25. The van der Waals surface area contributed by atoms with Gasteiger partial charge in [0.05, 0.1) is 17.1 Å². The minimum atomic E-state index is -0.780. The van der Waals surface area contributed by atoms with E-state index >= 15 is 0 Å². The van der Waals surface area contributed by atoms with Crippen molar-refractivity contribution in [1.82, 2.24) is 0 Å². The number of nitrogens with one attached hydrogen (secondary N) is 1. The highest BCUT2D eigenvalue weighted by molar-refractivity contribution is 7.18. The fourth-order valence-corrected chi connectivity index (χ4v) is 2.93. The molecular formula is C15H13Cl2NO4S. The Balaban J connectivity index is 1.99. The molecular weight excluding hydrogens is 361 g/mol. The van der Waals surface area contributed by atoms with Gasteiger partial charge in [0, 0.05) is 5.02 Å². The lowest BCUT2D eigenvalue weighted by Gasteiger charge is -2.15. The van der Waals surface area contributed by atoms with Gasteiger partial charge in [-0.15, -0.1) is 11.3 Å². The van der Waals surface area contributed by atoms with Crippen molar-refractivity contribution in [3.8, 4) is 5.75 Å². The van der Waals surface area contributed by atoms with E-state index in [0.29, 0.717) is 25.7 Å². The molecule has 0 saturated heterocycles. The summed E-state index contributed by atoms with van der Waals surface area (Å²) < 4.78 is 10.1. The summed E-state index contributed by atoms with van der Waals surface area (Å²) in [5.41, 5.74) is 0. The molecule has 1 amide bonds. The summed E-state index contributed by atoms with van der Waals surface area (Å²) in [6, 6.07) is 7.94. The fraction of sp³-hybridized carbons (Fsp3) is 0.200. The minimum absolute atomic E-state index is 0.321. The van der Waals surface area contributed by atoms with Crippen molar-refractivity contribution >= 4 is 51.4 Å². The van der Waals surface area contributed by atoms with Crippen molar-refractivity contribution in [2.45, 2.75) is 13.0 Å². The molecule has 1 aromatic carbocycles. The van der Waals surface area contributed by atoms with E-state index in [-0.39, 0.29) is 5.91 Å².